The Morgan fingerprint density at radius 3 is 2.31 bits per heavy atom. The molecule has 1 atom stereocenters. The molecule has 4 fully saturated rings. The number of ether oxygens (including phenoxy) is 2. The lowest BCUT2D eigenvalue weighted by Gasteiger charge is -2.52. The number of fused-ring (bicyclic) bond motifs is 3. The van der Waals surface area contributed by atoms with Gasteiger partial charge in [-0.15, -0.1) is 13.2 Å². The second kappa shape index (κ2) is 10.1. The molecule has 4 aliphatic rings. The number of quaternary nitrogens is 1. The zero-order chi connectivity index (χ0) is 25.2. The molecule has 0 unspecified atom stereocenters. The van der Waals surface area contributed by atoms with Crippen LogP contribution >= 0.6 is 0 Å². The SMILES string of the molecule is O=C(O[C@H]1C[N+]2(Cc3cccc(OC(F)(F)F)c3)CCC1CC2)C1(c2ccccc2)CCCCCC1. The quantitative estimate of drug-likeness (QED) is 0.256. The van der Waals surface area contributed by atoms with E-state index < -0.39 is 11.8 Å². The van der Waals surface area contributed by atoms with Crippen molar-refractivity contribution in [3.05, 3.63) is 65.7 Å². The Morgan fingerprint density at radius 1 is 0.944 bits per heavy atom. The van der Waals surface area contributed by atoms with Gasteiger partial charge < -0.3 is 14.0 Å². The van der Waals surface area contributed by atoms with Gasteiger partial charge in [-0.3, -0.25) is 4.79 Å². The molecule has 4 nitrogen and oxygen atoms in total. The summed E-state index contributed by atoms with van der Waals surface area (Å²) in [6.45, 7) is 3.23. The highest BCUT2D eigenvalue weighted by Crippen LogP contribution is 2.43. The predicted octanol–water partition coefficient (Wildman–Crippen LogP) is 6.53. The average molecular weight is 503 g/mol. The molecule has 2 bridgehead atoms. The second-order valence-electron chi connectivity index (χ2n) is 11.0. The molecular weight excluding hydrogens is 467 g/mol. The van der Waals surface area contributed by atoms with Gasteiger partial charge in [-0.1, -0.05) is 68.1 Å². The van der Waals surface area contributed by atoms with Gasteiger partial charge in [-0.2, -0.15) is 0 Å². The van der Waals surface area contributed by atoms with Crippen LogP contribution in [-0.4, -0.2) is 42.6 Å². The first-order valence-corrected chi connectivity index (χ1v) is 13.2. The van der Waals surface area contributed by atoms with Crippen molar-refractivity contribution in [2.75, 3.05) is 19.6 Å². The molecule has 1 saturated carbocycles. The number of piperidine rings is 3. The number of benzene rings is 2. The minimum atomic E-state index is -4.71. The molecule has 3 heterocycles. The minimum absolute atomic E-state index is 0.0897. The molecule has 0 amide bonds. The zero-order valence-electron chi connectivity index (χ0n) is 20.6. The Morgan fingerprint density at radius 2 is 1.64 bits per heavy atom. The molecule has 36 heavy (non-hydrogen) atoms. The third-order valence-corrected chi connectivity index (χ3v) is 8.62. The maximum atomic E-state index is 13.9. The van der Waals surface area contributed by atoms with Crippen molar-refractivity contribution < 1.29 is 31.9 Å². The van der Waals surface area contributed by atoms with Crippen LogP contribution in [0.15, 0.2) is 54.6 Å². The number of nitrogens with zero attached hydrogens (tertiary/aromatic N) is 1. The highest BCUT2D eigenvalue weighted by Gasteiger charge is 2.50. The van der Waals surface area contributed by atoms with Gasteiger partial charge in [0, 0.05) is 24.3 Å². The van der Waals surface area contributed by atoms with E-state index in [9.17, 15) is 18.0 Å². The van der Waals surface area contributed by atoms with Crippen LogP contribution in [0.2, 0.25) is 0 Å². The largest absolute Gasteiger partial charge is 0.573 e. The fraction of sp³-hybridized carbons (Fsp3) is 0.552. The Balaban J connectivity index is 1.33. The summed E-state index contributed by atoms with van der Waals surface area (Å²) < 4.78 is 49.4. The lowest BCUT2D eigenvalue weighted by Crippen LogP contribution is -2.64. The predicted molar refractivity (Wildman–Crippen MR) is 130 cm³/mol. The molecule has 0 spiro atoms. The van der Waals surface area contributed by atoms with Gasteiger partial charge in [0.25, 0.3) is 0 Å². The van der Waals surface area contributed by atoms with Crippen LogP contribution < -0.4 is 4.74 Å². The van der Waals surface area contributed by atoms with Crippen LogP contribution in [0.1, 0.15) is 62.5 Å². The Kier molecular flexibility index (Phi) is 7.03. The number of rotatable bonds is 6. The number of alkyl halides is 3. The summed E-state index contributed by atoms with van der Waals surface area (Å²) in [4.78, 5) is 13.9. The molecule has 2 aromatic carbocycles. The van der Waals surface area contributed by atoms with Crippen molar-refractivity contribution in [1.82, 2.24) is 0 Å². The highest BCUT2D eigenvalue weighted by atomic mass is 19.4. The van der Waals surface area contributed by atoms with Crippen molar-refractivity contribution in [2.45, 2.75) is 75.8 Å². The van der Waals surface area contributed by atoms with Gasteiger partial charge in [0.1, 0.15) is 18.8 Å². The molecule has 194 valence electrons. The molecule has 0 N–H and O–H groups in total. The summed E-state index contributed by atoms with van der Waals surface area (Å²) in [6.07, 6.45) is 3.04. The van der Waals surface area contributed by atoms with E-state index in [0.29, 0.717) is 19.0 Å². The monoisotopic (exact) mass is 502 g/mol. The van der Waals surface area contributed by atoms with E-state index in [-0.39, 0.29) is 17.8 Å². The zero-order valence-corrected chi connectivity index (χ0v) is 20.6. The van der Waals surface area contributed by atoms with Gasteiger partial charge >= 0.3 is 12.3 Å². The van der Waals surface area contributed by atoms with E-state index in [1.807, 2.05) is 24.3 Å². The summed E-state index contributed by atoms with van der Waals surface area (Å²) >= 11 is 0. The van der Waals surface area contributed by atoms with E-state index in [0.717, 1.165) is 80.1 Å². The van der Waals surface area contributed by atoms with Gasteiger partial charge in [0.2, 0.25) is 0 Å². The number of hydrogen-bond acceptors (Lipinski definition) is 3. The smallest absolute Gasteiger partial charge is 0.455 e. The van der Waals surface area contributed by atoms with Crippen molar-refractivity contribution in [2.24, 2.45) is 5.92 Å². The maximum absolute atomic E-state index is 13.9. The van der Waals surface area contributed by atoms with E-state index in [2.05, 4.69) is 16.9 Å². The molecular formula is C29H35F3NO3+. The minimum Gasteiger partial charge on any atom is -0.455 e. The van der Waals surface area contributed by atoms with Crippen LogP contribution in [-0.2, 0) is 21.5 Å². The first-order valence-electron chi connectivity index (χ1n) is 13.2. The fourth-order valence-corrected chi connectivity index (χ4v) is 6.76. The standard InChI is InChI=1S/C29H35F3NO3/c30-29(31,32)36-25-12-8-9-22(19-25)20-33-17-13-23(14-18-33)26(21-33)35-27(34)28(15-6-1-2-7-16-28)24-10-4-3-5-11-24/h3-5,8-12,19,23,26H,1-2,6-7,13-18,20-21H2/q+1/t23?,26-,33?/m0/s1. The van der Waals surface area contributed by atoms with E-state index in [1.165, 1.54) is 12.1 Å². The number of halogens is 3. The summed E-state index contributed by atoms with van der Waals surface area (Å²) in [7, 11) is 0. The lowest BCUT2D eigenvalue weighted by molar-refractivity contribution is -0.958. The van der Waals surface area contributed by atoms with Gasteiger partial charge in [-0.05, 0) is 30.5 Å². The van der Waals surface area contributed by atoms with Crippen LogP contribution in [0.4, 0.5) is 13.2 Å². The second-order valence-corrected chi connectivity index (χ2v) is 11.0. The number of hydrogen-bond donors (Lipinski definition) is 0. The van der Waals surface area contributed by atoms with E-state index in [1.54, 1.807) is 6.07 Å². The molecule has 3 saturated heterocycles. The van der Waals surface area contributed by atoms with Crippen LogP contribution in [0.3, 0.4) is 0 Å². The van der Waals surface area contributed by atoms with Crippen molar-refractivity contribution in [3.8, 4) is 5.75 Å². The third-order valence-electron chi connectivity index (χ3n) is 8.62. The number of carbonyl (C=O) groups is 1. The average Bonchev–Trinajstić information content (AvgIpc) is 3.11. The van der Waals surface area contributed by atoms with Crippen LogP contribution in [0.25, 0.3) is 0 Å². The van der Waals surface area contributed by atoms with Crippen LogP contribution in [0, 0.1) is 5.92 Å². The first-order chi connectivity index (χ1) is 17.3. The highest BCUT2D eigenvalue weighted by molar-refractivity contribution is 5.83. The lowest BCUT2D eigenvalue weighted by atomic mass is 9.74. The summed E-state index contributed by atoms with van der Waals surface area (Å²) in [5.74, 6) is 0.0757. The first kappa shape index (κ1) is 25.1. The molecule has 3 aliphatic heterocycles. The fourth-order valence-electron chi connectivity index (χ4n) is 6.76. The third kappa shape index (κ3) is 5.41. The van der Waals surface area contributed by atoms with Gasteiger partial charge in [0.15, 0.2) is 6.10 Å². The van der Waals surface area contributed by atoms with Crippen molar-refractivity contribution in [1.29, 1.82) is 0 Å². The van der Waals surface area contributed by atoms with Gasteiger partial charge in [0.05, 0.1) is 18.5 Å². The molecule has 2 aromatic rings. The molecule has 0 radical (unpaired) electrons. The van der Waals surface area contributed by atoms with Gasteiger partial charge in [-0.25, -0.2) is 0 Å². The van der Waals surface area contributed by atoms with Crippen molar-refractivity contribution >= 4 is 5.97 Å². The molecule has 1 aliphatic carbocycles. The van der Waals surface area contributed by atoms with Crippen molar-refractivity contribution in [3.63, 3.8) is 0 Å². The van der Waals surface area contributed by atoms with E-state index >= 15 is 0 Å². The Labute approximate surface area is 211 Å². The molecule has 6 rings (SSSR count). The number of carbonyl (C=O) groups excluding carboxylic acids is 1. The summed E-state index contributed by atoms with van der Waals surface area (Å²) in [5, 5.41) is 0. The number of esters is 1. The van der Waals surface area contributed by atoms with Crippen LogP contribution in [0.5, 0.6) is 5.75 Å². The molecule has 0 aromatic heterocycles. The Bertz CT molecular complexity index is 1040. The van der Waals surface area contributed by atoms with E-state index in [4.69, 9.17) is 4.74 Å². The summed E-state index contributed by atoms with van der Waals surface area (Å²) in [5.41, 5.74) is 1.29. The molecule has 7 heteroatoms. The maximum Gasteiger partial charge on any atom is 0.573 e. The summed E-state index contributed by atoms with van der Waals surface area (Å²) in [6, 6.07) is 16.4. The topological polar surface area (TPSA) is 35.5 Å². The Hall–Kier alpha value is -2.54. The normalized spacial score (nSPS) is 27.8.